The number of anilines is 1. The number of aliphatic carboxylic acids is 1. The Bertz CT molecular complexity index is 961. The first-order chi connectivity index (χ1) is 15.1. The number of thiazole rings is 1. The molecule has 0 spiro atoms. The van der Waals surface area contributed by atoms with Gasteiger partial charge in [0.05, 0.1) is 24.8 Å². The quantitative estimate of drug-likeness (QED) is 0.409. The molecule has 0 aliphatic heterocycles. The molecule has 1 aliphatic carbocycles. The van der Waals surface area contributed by atoms with Gasteiger partial charge in [-0.05, 0) is 67.3 Å². The van der Waals surface area contributed by atoms with Crippen LogP contribution in [0.3, 0.4) is 0 Å². The average Bonchev–Trinajstić information content (AvgIpc) is 3.45. The van der Waals surface area contributed by atoms with Gasteiger partial charge in [0.1, 0.15) is 5.75 Å². The van der Waals surface area contributed by atoms with Crippen LogP contribution in [-0.2, 0) is 11.3 Å². The molecule has 1 N–H and O–H groups in total. The van der Waals surface area contributed by atoms with E-state index in [9.17, 15) is 4.79 Å². The van der Waals surface area contributed by atoms with Crippen LogP contribution in [0, 0.1) is 5.92 Å². The van der Waals surface area contributed by atoms with Gasteiger partial charge in [0.2, 0.25) is 0 Å². The van der Waals surface area contributed by atoms with E-state index in [0.29, 0.717) is 19.2 Å². The summed E-state index contributed by atoms with van der Waals surface area (Å²) in [7, 11) is 0. The van der Waals surface area contributed by atoms with E-state index in [0.717, 1.165) is 40.9 Å². The van der Waals surface area contributed by atoms with Crippen LogP contribution in [0.5, 0.6) is 5.75 Å². The lowest BCUT2D eigenvalue weighted by Crippen LogP contribution is -2.25. The molecule has 4 rings (SSSR count). The van der Waals surface area contributed by atoms with Crippen molar-refractivity contribution in [1.82, 2.24) is 4.98 Å². The number of carbonyl (C=O) groups is 1. The van der Waals surface area contributed by atoms with E-state index < -0.39 is 5.97 Å². The van der Waals surface area contributed by atoms with Crippen molar-refractivity contribution in [2.24, 2.45) is 5.92 Å². The first kappa shape index (κ1) is 21.8. The zero-order valence-electron chi connectivity index (χ0n) is 17.7. The van der Waals surface area contributed by atoms with Gasteiger partial charge in [0.15, 0.2) is 5.13 Å². The number of hydrogen-bond acceptors (Lipinski definition) is 6. The van der Waals surface area contributed by atoms with Crippen molar-refractivity contribution < 1.29 is 14.6 Å². The molecule has 0 bridgehead atoms. The molecule has 0 saturated heterocycles. The third-order valence-electron chi connectivity index (χ3n) is 5.70. The summed E-state index contributed by atoms with van der Waals surface area (Å²) in [5.41, 5.74) is 1.95. The number of thiophene rings is 1. The number of nitrogens with zero attached hydrogens (tertiary/aromatic N) is 2. The van der Waals surface area contributed by atoms with Crippen LogP contribution >= 0.6 is 22.7 Å². The average molecular weight is 457 g/mol. The van der Waals surface area contributed by atoms with Crippen LogP contribution < -0.4 is 9.64 Å². The van der Waals surface area contributed by atoms with E-state index in [-0.39, 0.29) is 6.42 Å². The summed E-state index contributed by atoms with van der Waals surface area (Å²) in [4.78, 5) is 19.2. The summed E-state index contributed by atoms with van der Waals surface area (Å²) in [6.45, 7) is 3.42. The molecule has 2 heterocycles. The molecular formula is C24H28N2O3S2. The number of hydrogen-bond donors (Lipinski definition) is 1. The highest BCUT2D eigenvalue weighted by Gasteiger charge is 2.20. The predicted molar refractivity (Wildman–Crippen MR) is 127 cm³/mol. The summed E-state index contributed by atoms with van der Waals surface area (Å²) in [5, 5.41) is 14.0. The van der Waals surface area contributed by atoms with Crippen LogP contribution in [-0.4, -0.2) is 28.7 Å². The van der Waals surface area contributed by atoms with Crippen LogP contribution in [0.25, 0.3) is 11.3 Å². The van der Waals surface area contributed by atoms with Crippen LogP contribution in [0.15, 0.2) is 47.2 Å². The molecule has 7 heteroatoms. The lowest BCUT2D eigenvalue weighted by atomic mass is 9.89. The summed E-state index contributed by atoms with van der Waals surface area (Å²) >= 11 is 3.23. The smallest absolute Gasteiger partial charge is 0.305 e. The van der Waals surface area contributed by atoms with E-state index in [1.54, 1.807) is 22.7 Å². The molecule has 0 atom stereocenters. The van der Waals surface area contributed by atoms with Gasteiger partial charge >= 0.3 is 5.97 Å². The van der Waals surface area contributed by atoms with Crippen molar-refractivity contribution in [1.29, 1.82) is 0 Å². The fourth-order valence-electron chi connectivity index (χ4n) is 3.85. The van der Waals surface area contributed by atoms with Crippen molar-refractivity contribution in [3.63, 3.8) is 0 Å². The Kier molecular flexibility index (Phi) is 7.25. The Morgan fingerprint density at radius 2 is 1.94 bits per heavy atom. The van der Waals surface area contributed by atoms with Crippen LogP contribution in [0.4, 0.5) is 5.13 Å². The van der Waals surface area contributed by atoms with Gasteiger partial charge in [-0.15, -0.1) is 22.7 Å². The second-order valence-corrected chi connectivity index (χ2v) is 10.1. The molecule has 0 unspecified atom stereocenters. The van der Waals surface area contributed by atoms with Crippen molar-refractivity contribution in [3.8, 4) is 17.0 Å². The Morgan fingerprint density at radius 1 is 1.16 bits per heavy atom. The molecule has 1 saturated carbocycles. The van der Waals surface area contributed by atoms with Gasteiger partial charge in [-0.2, -0.15) is 0 Å². The minimum Gasteiger partial charge on any atom is -0.490 e. The molecule has 5 nitrogen and oxygen atoms in total. The minimum absolute atomic E-state index is 0.0896. The number of carboxylic acid groups (broad SMARTS) is 1. The van der Waals surface area contributed by atoms with E-state index in [1.165, 1.54) is 17.7 Å². The zero-order chi connectivity index (χ0) is 21.6. The fourth-order valence-corrected chi connectivity index (χ4v) is 5.43. The molecule has 164 valence electrons. The largest absolute Gasteiger partial charge is 0.490 e. The van der Waals surface area contributed by atoms with E-state index >= 15 is 0 Å². The second-order valence-electron chi connectivity index (χ2n) is 8.18. The van der Waals surface area contributed by atoms with Crippen LogP contribution in [0.1, 0.15) is 43.9 Å². The maximum atomic E-state index is 11.1. The third-order valence-corrected chi connectivity index (χ3v) is 7.46. The Hall–Kier alpha value is -2.38. The van der Waals surface area contributed by atoms with E-state index in [4.69, 9.17) is 14.8 Å². The summed E-state index contributed by atoms with van der Waals surface area (Å²) < 4.78 is 6.17. The Morgan fingerprint density at radius 3 is 2.61 bits per heavy atom. The van der Waals surface area contributed by atoms with Crippen molar-refractivity contribution in [2.75, 3.05) is 11.4 Å². The monoisotopic (exact) mass is 456 g/mol. The van der Waals surface area contributed by atoms with Gasteiger partial charge in [-0.3, -0.25) is 4.79 Å². The molecule has 31 heavy (non-hydrogen) atoms. The molecule has 1 fully saturated rings. The predicted octanol–water partition coefficient (Wildman–Crippen LogP) is 6.31. The highest BCUT2D eigenvalue weighted by molar-refractivity contribution is 7.14. The van der Waals surface area contributed by atoms with Gasteiger partial charge in [0.25, 0.3) is 0 Å². The molecule has 1 aromatic carbocycles. The van der Waals surface area contributed by atoms with Gasteiger partial charge < -0.3 is 14.7 Å². The minimum atomic E-state index is -0.795. The van der Waals surface area contributed by atoms with Crippen molar-refractivity contribution >= 4 is 33.8 Å². The van der Waals surface area contributed by atoms with Gasteiger partial charge in [-0.25, -0.2) is 4.98 Å². The number of rotatable bonds is 9. The normalized spacial score (nSPS) is 18.6. The Labute approximate surface area is 191 Å². The van der Waals surface area contributed by atoms with Gasteiger partial charge in [0, 0.05) is 22.4 Å². The molecule has 3 aromatic rings. The maximum Gasteiger partial charge on any atom is 0.305 e. The standard InChI is InChI=1S/C24H28N2O3S2/c1-17-4-8-19(9-5-17)29-20-10-6-18(7-11-20)22-16-31-24(25-22)26(13-12-23(27)28)15-21-3-2-14-30-21/h2-3,6-7,10-11,14,16-17,19H,4-5,8-9,12-13,15H2,1H3,(H,27,28). The lowest BCUT2D eigenvalue weighted by molar-refractivity contribution is -0.136. The van der Waals surface area contributed by atoms with Crippen LogP contribution in [0.2, 0.25) is 0 Å². The molecule has 2 aromatic heterocycles. The van der Waals surface area contributed by atoms with E-state index in [2.05, 4.69) is 30.0 Å². The van der Waals surface area contributed by atoms with Crippen molar-refractivity contribution in [3.05, 3.63) is 52.0 Å². The third kappa shape index (κ3) is 6.08. The topological polar surface area (TPSA) is 62.7 Å². The molecular weight excluding hydrogens is 428 g/mol. The Balaban J connectivity index is 1.43. The highest BCUT2D eigenvalue weighted by Crippen LogP contribution is 2.31. The van der Waals surface area contributed by atoms with E-state index in [1.807, 2.05) is 29.0 Å². The fraction of sp³-hybridized carbons (Fsp3) is 0.417. The summed E-state index contributed by atoms with van der Waals surface area (Å²) in [6, 6.07) is 12.3. The highest BCUT2D eigenvalue weighted by atomic mass is 32.1. The molecule has 1 aliphatic rings. The second kappa shape index (κ2) is 10.3. The maximum absolute atomic E-state index is 11.1. The summed E-state index contributed by atoms with van der Waals surface area (Å²) in [6.07, 6.45) is 5.17. The number of ether oxygens (including phenoxy) is 1. The van der Waals surface area contributed by atoms with Crippen molar-refractivity contribution in [2.45, 2.75) is 51.7 Å². The first-order valence-electron chi connectivity index (χ1n) is 10.8. The number of aromatic nitrogens is 1. The number of carboxylic acids is 1. The molecule has 0 amide bonds. The van der Waals surface area contributed by atoms with Gasteiger partial charge in [-0.1, -0.05) is 13.0 Å². The number of benzene rings is 1. The molecule has 0 radical (unpaired) electrons. The summed E-state index contributed by atoms with van der Waals surface area (Å²) in [5.74, 6) is 0.937. The zero-order valence-corrected chi connectivity index (χ0v) is 19.3. The SMILES string of the molecule is CC1CCC(Oc2ccc(-c3csc(N(CCC(=O)O)Cc4cccs4)n3)cc2)CC1. The lowest BCUT2D eigenvalue weighted by Gasteiger charge is -2.26. The first-order valence-corrected chi connectivity index (χ1v) is 12.5.